The van der Waals surface area contributed by atoms with Crippen molar-refractivity contribution in [2.24, 2.45) is 0 Å². The van der Waals surface area contributed by atoms with Gasteiger partial charge in [-0.3, -0.25) is 4.72 Å². The van der Waals surface area contributed by atoms with E-state index in [0.29, 0.717) is 0 Å². The Kier molecular flexibility index (Phi) is 7.31. The Bertz CT molecular complexity index is 792. The molecule has 0 aromatic heterocycles. The fourth-order valence-corrected chi connectivity index (χ4v) is 4.01. The van der Waals surface area contributed by atoms with Gasteiger partial charge in [-0.25, -0.2) is 0 Å². The molecule has 3 rings (SSSR count). The average molecular weight is 382 g/mol. The molecule has 3 N–H and O–H groups in total. The summed E-state index contributed by atoms with van der Waals surface area (Å²) in [6.45, 7) is 0.917. The van der Waals surface area contributed by atoms with E-state index in [1.54, 1.807) is 23.9 Å². The van der Waals surface area contributed by atoms with Crippen molar-refractivity contribution in [1.29, 1.82) is 0 Å². The van der Waals surface area contributed by atoms with Gasteiger partial charge in [0.2, 0.25) is 0 Å². The Labute approximate surface area is 164 Å². The van der Waals surface area contributed by atoms with Crippen molar-refractivity contribution in [1.82, 2.24) is 4.72 Å². The van der Waals surface area contributed by atoms with Crippen LogP contribution >= 0.6 is 23.9 Å². The second kappa shape index (κ2) is 10.2. The van der Waals surface area contributed by atoms with Gasteiger partial charge in [-0.1, -0.05) is 60.5 Å². The molecule has 5 heteroatoms. The molecule has 0 aliphatic heterocycles. The van der Waals surface area contributed by atoms with Gasteiger partial charge in [0.15, 0.2) is 0 Å². The van der Waals surface area contributed by atoms with Crippen LogP contribution in [0.15, 0.2) is 83.8 Å². The van der Waals surface area contributed by atoms with Crippen molar-refractivity contribution in [2.75, 3.05) is 29.4 Å². The number of hydrogen-bond donors (Lipinski definition) is 3. The molecule has 0 radical (unpaired) electrons. The fourth-order valence-electron chi connectivity index (χ4n) is 2.47. The Balaban J connectivity index is 1.43. The summed E-state index contributed by atoms with van der Waals surface area (Å²) in [5.74, 6) is 0.980. The topological polar surface area (TPSA) is 36.1 Å². The summed E-state index contributed by atoms with van der Waals surface area (Å²) in [6.07, 6.45) is 0. The summed E-state index contributed by atoms with van der Waals surface area (Å²) in [7, 11) is 1.93. The third-order valence-corrected chi connectivity index (χ3v) is 5.54. The van der Waals surface area contributed by atoms with Crippen molar-refractivity contribution >= 4 is 35.3 Å². The van der Waals surface area contributed by atoms with Crippen LogP contribution in [-0.4, -0.2) is 19.3 Å². The van der Waals surface area contributed by atoms with Gasteiger partial charge in [-0.05, 0) is 53.4 Å². The summed E-state index contributed by atoms with van der Waals surface area (Å²) in [6, 6.07) is 27.3. The molecule has 3 aromatic rings. The minimum Gasteiger partial charge on any atom is -0.388 e. The maximum Gasteiger partial charge on any atom is 0.0441 e. The van der Waals surface area contributed by atoms with Crippen LogP contribution in [0.25, 0.3) is 11.1 Å². The zero-order valence-corrected chi connectivity index (χ0v) is 16.4. The zero-order chi connectivity index (χ0) is 18.0. The number of benzene rings is 3. The first kappa shape index (κ1) is 18.7. The first-order chi connectivity index (χ1) is 12.9. The van der Waals surface area contributed by atoms with Crippen LogP contribution in [-0.2, 0) is 0 Å². The van der Waals surface area contributed by atoms with E-state index in [2.05, 4.69) is 87.6 Å². The quantitative estimate of drug-likeness (QED) is 0.325. The maximum atomic E-state index is 3.46. The molecule has 0 aliphatic carbocycles. The number of nitrogens with one attached hydrogen (secondary N) is 3. The van der Waals surface area contributed by atoms with Gasteiger partial charge >= 0.3 is 0 Å². The third-order valence-electron chi connectivity index (χ3n) is 3.82. The molecule has 0 fully saturated rings. The van der Waals surface area contributed by atoms with E-state index in [-0.39, 0.29) is 0 Å². The van der Waals surface area contributed by atoms with Gasteiger partial charge in [-0.2, -0.15) is 0 Å². The summed E-state index contributed by atoms with van der Waals surface area (Å²) in [5, 5.41) is 3.12. The van der Waals surface area contributed by atoms with Crippen LogP contribution in [0.2, 0.25) is 0 Å². The third kappa shape index (κ3) is 5.46. The molecule has 0 heterocycles. The number of anilines is 2. The van der Waals surface area contributed by atoms with Crippen molar-refractivity contribution in [3.8, 4) is 11.1 Å². The summed E-state index contributed by atoms with van der Waals surface area (Å²) >= 11 is 3.40. The van der Waals surface area contributed by atoms with Crippen LogP contribution in [0.5, 0.6) is 0 Å². The zero-order valence-electron chi connectivity index (χ0n) is 14.7. The average Bonchev–Trinajstić information content (AvgIpc) is 2.72. The van der Waals surface area contributed by atoms with Gasteiger partial charge < -0.3 is 10.0 Å². The first-order valence-electron chi connectivity index (χ1n) is 8.56. The van der Waals surface area contributed by atoms with E-state index in [1.807, 2.05) is 13.1 Å². The molecule has 0 amide bonds. The van der Waals surface area contributed by atoms with Crippen molar-refractivity contribution in [3.05, 3.63) is 78.9 Å². The molecule has 0 unspecified atom stereocenters. The molecule has 0 saturated carbocycles. The van der Waals surface area contributed by atoms with Gasteiger partial charge in [0, 0.05) is 35.6 Å². The van der Waals surface area contributed by atoms with E-state index in [4.69, 9.17) is 0 Å². The Hall–Kier alpha value is -2.08. The van der Waals surface area contributed by atoms with Crippen LogP contribution in [0.4, 0.5) is 11.4 Å². The van der Waals surface area contributed by atoms with E-state index in [9.17, 15) is 0 Å². The molecular formula is C21H23N3S2. The van der Waals surface area contributed by atoms with E-state index in [1.165, 1.54) is 16.0 Å². The number of rotatable bonds is 9. The summed E-state index contributed by atoms with van der Waals surface area (Å²) in [4.78, 5) is 1.25. The molecule has 3 nitrogen and oxygen atoms in total. The highest BCUT2D eigenvalue weighted by Gasteiger charge is 2.04. The van der Waals surface area contributed by atoms with Gasteiger partial charge in [0.1, 0.15) is 0 Å². The van der Waals surface area contributed by atoms with Crippen LogP contribution in [0.3, 0.4) is 0 Å². The van der Waals surface area contributed by atoms with Crippen LogP contribution < -0.4 is 14.8 Å². The molecule has 0 bridgehead atoms. The van der Waals surface area contributed by atoms with Gasteiger partial charge in [0.05, 0.1) is 0 Å². The van der Waals surface area contributed by atoms with Crippen molar-refractivity contribution < 1.29 is 0 Å². The molecule has 0 saturated heterocycles. The summed E-state index contributed by atoms with van der Waals surface area (Å²) in [5.41, 5.74) is 4.76. The highest BCUT2D eigenvalue weighted by atomic mass is 32.2. The largest absolute Gasteiger partial charge is 0.388 e. The highest BCUT2D eigenvalue weighted by Crippen LogP contribution is 2.29. The minimum absolute atomic E-state index is 0.917. The lowest BCUT2D eigenvalue weighted by Crippen LogP contribution is -2.09. The lowest BCUT2D eigenvalue weighted by atomic mass is 10.1. The Morgan fingerprint density at radius 1 is 0.769 bits per heavy atom. The normalized spacial score (nSPS) is 10.5. The van der Waals surface area contributed by atoms with Crippen LogP contribution in [0.1, 0.15) is 0 Å². The Morgan fingerprint density at radius 2 is 1.46 bits per heavy atom. The lowest BCUT2D eigenvalue weighted by molar-refractivity contribution is 1.05. The predicted molar refractivity (Wildman–Crippen MR) is 118 cm³/mol. The second-order valence-electron chi connectivity index (χ2n) is 5.64. The van der Waals surface area contributed by atoms with Crippen molar-refractivity contribution in [2.45, 2.75) is 4.90 Å². The number of hydrogen-bond acceptors (Lipinski definition) is 5. The van der Waals surface area contributed by atoms with Crippen LogP contribution in [0, 0.1) is 0 Å². The molecular weight excluding hydrogens is 358 g/mol. The minimum atomic E-state index is 0.917. The molecule has 134 valence electrons. The second-order valence-corrected chi connectivity index (χ2v) is 7.47. The summed E-state index contributed by atoms with van der Waals surface area (Å²) < 4.78 is 6.83. The fraction of sp³-hybridized carbons (Fsp3) is 0.143. The van der Waals surface area contributed by atoms with E-state index >= 15 is 0 Å². The lowest BCUT2D eigenvalue weighted by Gasteiger charge is -2.10. The standard InChI is InChI=1S/C21H23N3S2/c1-22-18-11-13-19(14-12-18)24-25-16-15-23-26-21-10-6-5-9-20(21)17-7-3-2-4-8-17/h2-14,22-24H,15-16H2,1H3. The van der Waals surface area contributed by atoms with Crippen molar-refractivity contribution in [3.63, 3.8) is 0 Å². The SMILES string of the molecule is CNc1ccc(NSCCNSc2ccccc2-c2ccccc2)cc1. The monoisotopic (exact) mass is 381 g/mol. The van der Waals surface area contributed by atoms with Gasteiger partial charge in [-0.15, -0.1) is 0 Å². The highest BCUT2D eigenvalue weighted by molar-refractivity contribution is 8.00. The molecule has 0 aliphatic rings. The van der Waals surface area contributed by atoms with E-state index < -0.39 is 0 Å². The molecule has 0 spiro atoms. The predicted octanol–water partition coefficient (Wildman–Crippen LogP) is 5.75. The van der Waals surface area contributed by atoms with Gasteiger partial charge in [0.25, 0.3) is 0 Å². The smallest absolute Gasteiger partial charge is 0.0441 e. The first-order valence-corrected chi connectivity index (χ1v) is 10.4. The van der Waals surface area contributed by atoms with E-state index in [0.717, 1.165) is 23.7 Å². The maximum absolute atomic E-state index is 3.46. The molecule has 3 aromatic carbocycles. The Morgan fingerprint density at radius 3 is 2.23 bits per heavy atom. The molecule has 26 heavy (non-hydrogen) atoms. The molecule has 0 atom stereocenters.